The molecule has 6 heteroatoms. The normalized spacial score (nSPS) is 11.2. The Morgan fingerprint density at radius 2 is 2.24 bits per heavy atom. The molecule has 0 saturated heterocycles. The molecule has 0 aliphatic heterocycles. The van der Waals surface area contributed by atoms with Crippen LogP contribution in [-0.2, 0) is 11.3 Å². The average molecular weight is 295 g/mol. The largest absolute Gasteiger partial charge is 0.507 e. The predicted octanol–water partition coefficient (Wildman–Crippen LogP) is 2.17. The van der Waals surface area contributed by atoms with E-state index in [4.69, 9.17) is 4.42 Å². The lowest BCUT2D eigenvalue weighted by molar-refractivity contribution is 0.0931. The van der Waals surface area contributed by atoms with Gasteiger partial charge in [-0.25, -0.2) is 4.79 Å². The number of Topliss-reactive ketones (excluding diaryl/α,β-unsaturated/α-hetero) is 1. The van der Waals surface area contributed by atoms with Gasteiger partial charge in [0.1, 0.15) is 17.1 Å². The van der Waals surface area contributed by atoms with Crippen molar-refractivity contribution in [3.8, 4) is 5.75 Å². The van der Waals surface area contributed by atoms with Crippen LogP contribution in [0.25, 0.3) is 0 Å². The summed E-state index contributed by atoms with van der Waals surface area (Å²) in [6.45, 7) is 3.32. The van der Waals surface area contributed by atoms with E-state index in [-0.39, 0.29) is 17.2 Å². The van der Waals surface area contributed by atoms with E-state index in [1.165, 1.54) is 13.2 Å². The van der Waals surface area contributed by atoms with Crippen molar-refractivity contribution in [3.63, 3.8) is 0 Å². The fourth-order valence-electron chi connectivity index (χ4n) is 1.76. The summed E-state index contributed by atoms with van der Waals surface area (Å²) in [6, 6.07) is 1.34. The summed E-state index contributed by atoms with van der Waals surface area (Å²) in [5, 5.41) is 9.84. The van der Waals surface area contributed by atoms with Crippen molar-refractivity contribution in [2.45, 2.75) is 33.1 Å². The Morgan fingerprint density at radius 3 is 2.81 bits per heavy atom. The summed E-state index contributed by atoms with van der Waals surface area (Å²) < 4.78 is 5.09. The second kappa shape index (κ2) is 8.26. The molecule has 0 spiro atoms. The second-order valence-corrected chi connectivity index (χ2v) is 4.90. The second-order valence-electron chi connectivity index (χ2n) is 4.90. The minimum absolute atomic E-state index is 0.266. The maximum absolute atomic E-state index is 11.8. The molecule has 1 rings (SSSR count). The first kappa shape index (κ1) is 17.0. The standard InChI is InChI=1S/C15H21NO5/c1-10(2)14(18)13-12(17)9-11(21-15(13)19)7-5-4-6-8-16-20-3/h6,8-10,16-17H,4-5,7H2,1-3H3/b8-6+. The van der Waals surface area contributed by atoms with Crippen LogP contribution in [0.5, 0.6) is 5.75 Å². The van der Waals surface area contributed by atoms with Gasteiger partial charge in [0.2, 0.25) is 0 Å². The highest BCUT2D eigenvalue weighted by Gasteiger charge is 2.21. The van der Waals surface area contributed by atoms with Crippen LogP contribution in [-0.4, -0.2) is 18.0 Å². The van der Waals surface area contributed by atoms with Crippen LogP contribution >= 0.6 is 0 Å². The smallest absolute Gasteiger partial charge is 0.350 e. The minimum atomic E-state index is -0.778. The summed E-state index contributed by atoms with van der Waals surface area (Å²) in [5.41, 5.74) is 1.52. The molecule has 0 aliphatic carbocycles. The SMILES string of the molecule is CON/C=C/CCCc1cc(O)c(C(=O)C(C)C)c(=O)o1. The van der Waals surface area contributed by atoms with Crippen LogP contribution in [0.1, 0.15) is 42.8 Å². The number of carbonyl (C=O) groups excluding carboxylic acids is 1. The lowest BCUT2D eigenvalue weighted by atomic mass is 10.0. The Hall–Kier alpha value is -2.08. The Kier molecular flexibility index (Phi) is 6.68. The maximum Gasteiger partial charge on any atom is 0.350 e. The van der Waals surface area contributed by atoms with Crippen LogP contribution in [0, 0.1) is 5.92 Å². The third kappa shape index (κ3) is 5.07. The lowest BCUT2D eigenvalue weighted by Crippen LogP contribution is -2.19. The molecule has 0 amide bonds. The van der Waals surface area contributed by atoms with Gasteiger partial charge in [0, 0.05) is 24.6 Å². The van der Waals surface area contributed by atoms with Gasteiger partial charge in [-0.2, -0.15) is 0 Å². The third-order valence-electron chi connectivity index (χ3n) is 2.85. The topological polar surface area (TPSA) is 88.8 Å². The van der Waals surface area contributed by atoms with E-state index in [9.17, 15) is 14.7 Å². The van der Waals surface area contributed by atoms with E-state index in [0.717, 1.165) is 12.8 Å². The molecule has 0 aliphatic rings. The van der Waals surface area contributed by atoms with Gasteiger partial charge in [0.05, 0.1) is 7.11 Å². The zero-order valence-corrected chi connectivity index (χ0v) is 12.5. The van der Waals surface area contributed by atoms with Gasteiger partial charge in [-0.15, -0.1) is 0 Å². The Balaban J connectivity index is 2.71. The summed E-state index contributed by atoms with van der Waals surface area (Å²) in [5.74, 6) is -0.730. The predicted molar refractivity (Wildman–Crippen MR) is 78.0 cm³/mol. The summed E-state index contributed by atoms with van der Waals surface area (Å²) in [7, 11) is 1.52. The van der Waals surface area contributed by atoms with E-state index >= 15 is 0 Å². The van der Waals surface area contributed by atoms with Gasteiger partial charge in [0.15, 0.2) is 5.78 Å². The molecule has 0 bridgehead atoms. The first-order valence-corrected chi connectivity index (χ1v) is 6.81. The number of hydrogen-bond donors (Lipinski definition) is 2. The van der Waals surface area contributed by atoms with Crippen LogP contribution in [0.2, 0.25) is 0 Å². The average Bonchev–Trinajstić information content (AvgIpc) is 2.41. The fraction of sp³-hybridized carbons (Fsp3) is 0.467. The van der Waals surface area contributed by atoms with Crippen LogP contribution in [0.3, 0.4) is 0 Å². The van der Waals surface area contributed by atoms with Crippen molar-refractivity contribution in [2.24, 2.45) is 5.92 Å². The molecule has 0 aromatic carbocycles. The van der Waals surface area contributed by atoms with Crippen LogP contribution in [0.4, 0.5) is 0 Å². The Morgan fingerprint density at radius 1 is 1.52 bits per heavy atom. The number of carbonyl (C=O) groups is 1. The monoisotopic (exact) mass is 295 g/mol. The molecular weight excluding hydrogens is 274 g/mol. The number of aromatic hydroxyl groups is 1. The first-order valence-electron chi connectivity index (χ1n) is 6.81. The zero-order valence-electron chi connectivity index (χ0n) is 12.5. The molecule has 0 saturated carbocycles. The number of unbranched alkanes of at least 4 members (excludes halogenated alkanes) is 1. The van der Waals surface area contributed by atoms with Crippen molar-refractivity contribution in [3.05, 3.63) is 40.1 Å². The van der Waals surface area contributed by atoms with E-state index in [0.29, 0.717) is 12.2 Å². The molecule has 0 atom stereocenters. The van der Waals surface area contributed by atoms with E-state index in [2.05, 4.69) is 10.3 Å². The fourth-order valence-corrected chi connectivity index (χ4v) is 1.76. The molecule has 2 N–H and O–H groups in total. The third-order valence-corrected chi connectivity index (χ3v) is 2.85. The highest BCUT2D eigenvalue weighted by atomic mass is 16.6. The molecule has 0 radical (unpaired) electrons. The maximum atomic E-state index is 11.8. The van der Waals surface area contributed by atoms with E-state index in [1.807, 2.05) is 6.08 Å². The number of aryl methyl sites for hydroxylation is 1. The van der Waals surface area contributed by atoms with Gasteiger partial charge >= 0.3 is 5.63 Å². The molecule has 6 nitrogen and oxygen atoms in total. The van der Waals surface area contributed by atoms with Gasteiger partial charge in [0.25, 0.3) is 0 Å². The molecular formula is C15H21NO5. The van der Waals surface area contributed by atoms with Crippen molar-refractivity contribution >= 4 is 5.78 Å². The number of hydrogen-bond acceptors (Lipinski definition) is 6. The highest BCUT2D eigenvalue weighted by Crippen LogP contribution is 2.19. The van der Waals surface area contributed by atoms with Crippen LogP contribution in [0.15, 0.2) is 27.6 Å². The Labute approximate surface area is 123 Å². The number of nitrogens with one attached hydrogen (secondary N) is 1. The van der Waals surface area contributed by atoms with Gasteiger partial charge < -0.3 is 9.52 Å². The summed E-state index contributed by atoms with van der Waals surface area (Å²) >= 11 is 0. The molecule has 0 unspecified atom stereocenters. The van der Waals surface area contributed by atoms with Crippen molar-refractivity contribution in [1.82, 2.24) is 5.48 Å². The summed E-state index contributed by atoms with van der Waals surface area (Å²) in [4.78, 5) is 28.2. The van der Waals surface area contributed by atoms with Crippen LogP contribution < -0.4 is 11.1 Å². The quantitative estimate of drug-likeness (QED) is 0.434. The minimum Gasteiger partial charge on any atom is -0.507 e. The van der Waals surface area contributed by atoms with Gasteiger partial charge in [-0.05, 0) is 12.8 Å². The lowest BCUT2D eigenvalue weighted by Gasteiger charge is -2.06. The molecule has 21 heavy (non-hydrogen) atoms. The molecule has 0 fully saturated rings. The number of ketones is 1. The Bertz CT molecular complexity index is 560. The van der Waals surface area contributed by atoms with E-state index < -0.39 is 11.4 Å². The van der Waals surface area contributed by atoms with E-state index in [1.54, 1.807) is 20.0 Å². The molecule has 1 aromatic rings. The van der Waals surface area contributed by atoms with Crippen molar-refractivity contribution in [1.29, 1.82) is 0 Å². The van der Waals surface area contributed by atoms with Gasteiger partial charge in [-0.3, -0.25) is 15.1 Å². The number of allylic oxidation sites excluding steroid dienone is 1. The molecule has 1 heterocycles. The highest BCUT2D eigenvalue weighted by molar-refractivity contribution is 5.99. The summed E-state index contributed by atoms with van der Waals surface area (Å²) in [6.07, 6.45) is 5.53. The number of rotatable bonds is 8. The first-order chi connectivity index (χ1) is 9.97. The van der Waals surface area contributed by atoms with Gasteiger partial charge in [-0.1, -0.05) is 19.9 Å². The van der Waals surface area contributed by atoms with Crippen molar-refractivity contribution < 1.29 is 19.2 Å². The van der Waals surface area contributed by atoms with Crippen molar-refractivity contribution in [2.75, 3.05) is 7.11 Å². The molecule has 1 aromatic heterocycles. The molecule has 116 valence electrons. The zero-order chi connectivity index (χ0) is 15.8. The number of hydroxylamine groups is 1.